The van der Waals surface area contributed by atoms with Gasteiger partial charge in [0.05, 0.1) is 12.5 Å². The lowest BCUT2D eigenvalue weighted by molar-refractivity contribution is -0.139. The molecule has 0 spiro atoms. The summed E-state index contributed by atoms with van der Waals surface area (Å²) in [6.45, 7) is 0. The molecule has 5 heteroatoms. The molecule has 0 saturated heterocycles. The number of carbonyl (C=O) groups excluding carboxylic acids is 1. The van der Waals surface area contributed by atoms with Gasteiger partial charge < -0.3 is 16.2 Å². The molecule has 0 radical (unpaired) electrons. The molecule has 2 atom stereocenters. The predicted octanol–water partition coefficient (Wildman–Crippen LogP) is 0.462. The van der Waals surface area contributed by atoms with Crippen molar-refractivity contribution in [3.63, 3.8) is 0 Å². The minimum absolute atomic E-state index is 0.0437. The number of carbonyl (C=O) groups is 2. The third-order valence-corrected chi connectivity index (χ3v) is 3.42. The Bertz CT molecular complexity index is 487. The second-order valence-electron chi connectivity index (χ2n) is 4.92. The lowest BCUT2D eigenvalue weighted by Gasteiger charge is -2.26. The predicted molar refractivity (Wildman–Crippen MR) is 70.6 cm³/mol. The van der Waals surface area contributed by atoms with Gasteiger partial charge in [0, 0.05) is 6.04 Å². The zero-order chi connectivity index (χ0) is 13.8. The number of fused-ring (bicyclic) bond motifs is 1. The van der Waals surface area contributed by atoms with E-state index in [-0.39, 0.29) is 18.4 Å². The standard InChI is InChI=1S/C14H18N2O3/c15-12(8-13(17)18)14(19)16-11-6-5-9-3-1-2-4-10(9)7-11/h1-4,11-12H,5-8,15H2,(H,16,19)(H,17,18). The highest BCUT2D eigenvalue weighted by Gasteiger charge is 2.23. The van der Waals surface area contributed by atoms with E-state index in [0.29, 0.717) is 0 Å². The zero-order valence-corrected chi connectivity index (χ0v) is 10.6. The highest BCUT2D eigenvalue weighted by atomic mass is 16.4. The molecule has 1 aliphatic carbocycles. The summed E-state index contributed by atoms with van der Waals surface area (Å²) in [6.07, 6.45) is 2.23. The van der Waals surface area contributed by atoms with Crippen molar-refractivity contribution in [1.29, 1.82) is 0 Å². The van der Waals surface area contributed by atoms with Crippen LogP contribution < -0.4 is 11.1 Å². The van der Waals surface area contributed by atoms with Gasteiger partial charge in [-0.3, -0.25) is 9.59 Å². The van der Waals surface area contributed by atoms with E-state index in [9.17, 15) is 9.59 Å². The van der Waals surface area contributed by atoms with Crippen molar-refractivity contribution in [2.24, 2.45) is 5.73 Å². The van der Waals surface area contributed by atoms with E-state index in [1.54, 1.807) is 0 Å². The highest BCUT2D eigenvalue weighted by Crippen LogP contribution is 2.21. The molecule has 4 N–H and O–H groups in total. The number of carboxylic acids is 1. The molecule has 1 aliphatic rings. The first-order chi connectivity index (χ1) is 9.06. The van der Waals surface area contributed by atoms with Crippen LogP contribution in [0.3, 0.4) is 0 Å². The van der Waals surface area contributed by atoms with Crippen LogP contribution in [0.25, 0.3) is 0 Å². The van der Waals surface area contributed by atoms with Crippen LogP contribution in [0.5, 0.6) is 0 Å². The summed E-state index contributed by atoms with van der Waals surface area (Å²) < 4.78 is 0. The molecule has 0 fully saturated rings. The van der Waals surface area contributed by atoms with Crippen molar-refractivity contribution in [1.82, 2.24) is 5.32 Å². The van der Waals surface area contributed by atoms with E-state index in [0.717, 1.165) is 19.3 Å². The average Bonchev–Trinajstić information content (AvgIpc) is 2.37. The number of aryl methyl sites for hydroxylation is 1. The fraction of sp³-hybridized carbons (Fsp3) is 0.429. The second-order valence-corrected chi connectivity index (χ2v) is 4.92. The van der Waals surface area contributed by atoms with Gasteiger partial charge in [-0.15, -0.1) is 0 Å². The van der Waals surface area contributed by atoms with Gasteiger partial charge in [-0.2, -0.15) is 0 Å². The Morgan fingerprint density at radius 1 is 1.37 bits per heavy atom. The number of amides is 1. The maximum atomic E-state index is 11.8. The fourth-order valence-corrected chi connectivity index (χ4v) is 2.41. The molecular formula is C14H18N2O3. The topological polar surface area (TPSA) is 92.4 Å². The third kappa shape index (κ3) is 3.54. The van der Waals surface area contributed by atoms with E-state index < -0.39 is 12.0 Å². The number of hydrogen-bond donors (Lipinski definition) is 3. The van der Waals surface area contributed by atoms with E-state index in [4.69, 9.17) is 10.8 Å². The van der Waals surface area contributed by atoms with Crippen LogP contribution in [0.4, 0.5) is 0 Å². The summed E-state index contributed by atoms with van der Waals surface area (Å²) in [7, 11) is 0. The quantitative estimate of drug-likeness (QED) is 0.735. The summed E-state index contributed by atoms with van der Waals surface area (Å²) >= 11 is 0. The second kappa shape index (κ2) is 5.84. The van der Waals surface area contributed by atoms with Crippen molar-refractivity contribution in [3.05, 3.63) is 35.4 Å². The number of benzene rings is 1. The molecule has 19 heavy (non-hydrogen) atoms. The summed E-state index contributed by atoms with van der Waals surface area (Å²) in [5, 5.41) is 11.4. The van der Waals surface area contributed by atoms with Crippen molar-refractivity contribution in [3.8, 4) is 0 Å². The molecule has 0 heterocycles. The molecule has 1 aromatic rings. The van der Waals surface area contributed by atoms with Crippen LogP contribution in [-0.2, 0) is 22.4 Å². The van der Waals surface area contributed by atoms with Crippen LogP contribution in [0.2, 0.25) is 0 Å². The number of nitrogens with one attached hydrogen (secondary N) is 1. The van der Waals surface area contributed by atoms with Crippen LogP contribution in [0, 0.1) is 0 Å². The van der Waals surface area contributed by atoms with Gasteiger partial charge in [-0.1, -0.05) is 24.3 Å². The summed E-state index contributed by atoms with van der Waals surface area (Å²) in [4.78, 5) is 22.3. The molecule has 1 amide bonds. The summed E-state index contributed by atoms with van der Waals surface area (Å²) in [6, 6.07) is 7.23. The van der Waals surface area contributed by atoms with Crippen LogP contribution >= 0.6 is 0 Å². The van der Waals surface area contributed by atoms with Gasteiger partial charge in [0.25, 0.3) is 0 Å². The van der Waals surface area contributed by atoms with Gasteiger partial charge in [-0.25, -0.2) is 0 Å². The summed E-state index contributed by atoms with van der Waals surface area (Å²) in [5.41, 5.74) is 8.10. The number of carboxylic acid groups (broad SMARTS) is 1. The van der Waals surface area contributed by atoms with Crippen molar-refractivity contribution in [2.75, 3.05) is 0 Å². The molecule has 0 bridgehead atoms. The molecule has 102 valence electrons. The SMILES string of the molecule is NC(CC(=O)O)C(=O)NC1CCc2ccccc2C1. The first-order valence-corrected chi connectivity index (χ1v) is 6.41. The first-order valence-electron chi connectivity index (χ1n) is 6.41. The van der Waals surface area contributed by atoms with E-state index in [1.165, 1.54) is 11.1 Å². The van der Waals surface area contributed by atoms with Gasteiger partial charge in [0.2, 0.25) is 5.91 Å². The van der Waals surface area contributed by atoms with Crippen LogP contribution in [0.1, 0.15) is 24.0 Å². The van der Waals surface area contributed by atoms with E-state index in [1.807, 2.05) is 12.1 Å². The maximum absolute atomic E-state index is 11.8. The molecule has 0 saturated carbocycles. The van der Waals surface area contributed by atoms with Gasteiger partial charge in [-0.05, 0) is 30.4 Å². The van der Waals surface area contributed by atoms with Crippen LogP contribution in [0.15, 0.2) is 24.3 Å². The highest BCUT2D eigenvalue weighted by molar-refractivity contribution is 5.86. The number of aliphatic carboxylic acids is 1. The first kappa shape index (κ1) is 13.5. The normalized spacial score (nSPS) is 19.3. The maximum Gasteiger partial charge on any atom is 0.305 e. The minimum atomic E-state index is -1.06. The lowest BCUT2D eigenvalue weighted by Crippen LogP contribution is -2.47. The van der Waals surface area contributed by atoms with Gasteiger partial charge >= 0.3 is 5.97 Å². The zero-order valence-electron chi connectivity index (χ0n) is 10.6. The van der Waals surface area contributed by atoms with Crippen molar-refractivity contribution < 1.29 is 14.7 Å². The monoisotopic (exact) mass is 262 g/mol. The fourth-order valence-electron chi connectivity index (χ4n) is 2.41. The van der Waals surface area contributed by atoms with Gasteiger partial charge in [0.1, 0.15) is 0 Å². The number of hydrogen-bond acceptors (Lipinski definition) is 3. The van der Waals surface area contributed by atoms with Crippen molar-refractivity contribution in [2.45, 2.75) is 37.8 Å². The Labute approximate surface area is 111 Å². The summed E-state index contributed by atoms with van der Waals surface area (Å²) in [5.74, 6) is -1.44. The molecule has 1 aromatic carbocycles. The Balaban J connectivity index is 1.91. The van der Waals surface area contributed by atoms with Gasteiger partial charge in [0.15, 0.2) is 0 Å². The average molecular weight is 262 g/mol. The molecule has 2 rings (SSSR count). The molecule has 5 nitrogen and oxygen atoms in total. The Hall–Kier alpha value is -1.88. The Kier molecular flexibility index (Phi) is 4.16. The smallest absolute Gasteiger partial charge is 0.305 e. The lowest BCUT2D eigenvalue weighted by atomic mass is 9.88. The molecular weight excluding hydrogens is 244 g/mol. The third-order valence-electron chi connectivity index (χ3n) is 3.42. The van der Waals surface area contributed by atoms with E-state index >= 15 is 0 Å². The van der Waals surface area contributed by atoms with Crippen molar-refractivity contribution >= 4 is 11.9 Å². The van der Waals surface area contributed by atoms with Crippen LogP contribution in [-0.4, -0.2) is 29.1 Å². The number of rotatable bonds is 4. The molecule has 0 aromatic heterocycles. The minimum Gasteiger partial charge on any atom is -0.481 e. The Morgan fingerprint density at radius 3 is 2.74 bits per heavy atom. The Morgan fingerprint density at radius 2 is 2.05 bits per heavy atom. The molecule has 2 unspecified atom stereocenters. The molecule has 0 aliphatic heterocycles. The largest absolute Gasteiger partial charge is 0.481 e. The number of nitrogens with two attached hydrogens (primary N) is 1. The van der Waals surface area contributed by atoms with E-state index in [2.05, 4.69) is 17.4 Å².